The summed E-state index contributed by atoms with van der Waals surface area (Å²) in [5, 5.41) is 0.963. The van der Waals surface area contributed by atoms with E-state index in [1.165, 1.54) is 5.69 Å². The largest absolute Gasteiger partial charge is 0.422 e. The Kier molecular flexibility index (Phi) is 6.40. The molecule has 0 radical (unpaired) electrons. The zero-order chi connectivity index (χ0) is 20.1. The van der Waals surface area contributed by atoms with Crippen molar-refractivity contribution < 1.29 is 4.42 Å². The summed E-state index contributed by atoms with van der Waals surface area (Å²) >= 11 is 0. The average molecular weight is 379 g/mol. The van der Waals surface area contributed by atoms with Crippen LogP contribution in [0.5, 0.6) is 0 Å². The highest BCUT2D eigenvalue weighted by Crippen LogP contribution is 2.23. The molecule has 3 rings (SSSR count). The smallest absolute Gasteiger partial charge is 0.339 e. The van der Waals surface area contributed by atoms with E-state index in [-0.39, 0.29) is 5.63 Å². The first-order chi connectivity index (χ1) is 13.6. The van der Waals surface area contributed by atoms with E-state index in [0.717, 1.165) is 42.8 Å². The van der Waals surface area contributed by atoms with Crippen LogP contribution in [0.1, 0.15) is 38.8 Å². The molecule has 148 valence electrons. The number of anilines is 2. The van der Waals surface area contributed by atoms with Crippen molar-refractivity contribution in [1.82, 2.24) is 0 Å². The van der Waals surface area contributed by atoms with Crippen LogP contribution in [0.3, 0.4) is 0 Å². The van der Waals surface area contributed by atoms with Crippen molar-refractivity contribution >= 4 is 22.3 Å². The van der Waals surface area contributed by atoms with E-state index < -0.39 is 0 Å². The molecule has 4 heteroatoms. The molecule has 0 amide bonds. The fraction of sp³-hybridized carbons (Fsp3) is 0.375. The van der Waals surface area contributed by atoms with E-state index in [1.807, 2.05) is 18.2 Å². The summed E-state index contributed by atoms with van der Waals surface area (Å²) in [5.74, 6) is 0. The molecule has 0 N–H and O–H groups in total. The molecule has 0 aliphatic heterocycles. The first-order valence-electron chi connectivity index (χ1n) is 10.2. The molecular weight excluding hydrogens is 348 g/mol. The zero-order valence-electron chi connectivity index (χ0n) is 17.4. The lowest BCUT2D eigenvalue weighted by atomic mass is 10.0. The molecule has 4 nitrogen and oxygen atoms in total. The molecule has 2 aromatic carbocycles. The van der Waals surface area contributed by atoms with Crippen LogP contribution in [0.2, 0.25) is 0 Å². The topological polar surface area (TPSA) is 36.7 Å². The van der Waals surface area contributed by atoms with Gasteiger partial charge in [-0.1, -0.05) is 12.1 Å². The Morgan fingerprint density at radius 3 is 1.93 bits per heavy atom. The van der Waals surface area contributed by atoms with Gasteiger partial charge in [-0.25, -0.2) is 4.79 Å². The Morgan fingerprint density at radius 2 is 1.32 bits per heavy atom. The molecule has 3 aromatic rings. The summed E-state index contributed by atoms with van der Waals surface area (Å²) in [4.78, 5) is 17.1. The van der Waals surface area contributed by atoms with Gasteiger partial charge < -0.3 is 14.2 Å². The predicted octanol–water partition coefficient (Wildman–Crippen LogP) is 5.08. The summed E-state index contributed by atoms with van der Waals surface area (Å²) in [6.45, 7) is 12.4. The minimum absolute atomic E-state index is 0.253. The lowest BCUT2D eigenvalue weighted by molar-refractivity contribution is 0.552. The van der Waals surface area contributed by atoms with Gasteiger partial charge in [0.1, 0.15) is 5.58 Å². The third-order valence-electron chi connectivity index (χ3n) is 5.38. The summed E-state index contributed by atoms with van der Waals surface area (Å²) < 4.78 is 5.65. The standard InChI is InChI=1S/C24H30N2O2/c1-5-25(6-2)21-12-9-18(10-13-21)15-20-16-19-11-14-22(26(7-3)8-4)17-23(19)28-24(20)27/h9-14,16-17H,5-8,15H2,1-4H3. The lowest BCUT2D eigenvalue weighted by Crippen LogP contribution is -2.21. The summed E-state index contributed by atoms with van der Waals surface area (Å²) in [7, 11) is 0. The summed E-state index contributed by atoms with van der Waals surface area (Å²) in [6, 6.07) is 16.5. The highest BCUT2D eigenvalue weighted by Gasteiger charge is 2.10. The van der Waals surface area contributed by atoms with Gasteiger partial charge in [-0.15, -0.1) is 0 Å². The first-order valence-corrected chi connectivity index (χ1v) is 10.2. The fourth-order valence-corrected chi connectivity index (χ4v) is 3.68. The van der Waals surface area contributed by atoms with Gasteiger partial charge in [-0.3, -0.25) is 0 Å². The van der Waals surface area contributed by atoms with Gasteiger partial charge in [-0.05, 0) is 63.6 Å². The number of fused-ring (bicyclic) bond motifs is 1. The van der Waals surface area contributed by atoms with Crippen molar-refractivity contribution in [2.75, 3.05) is 36.0 Å². The molecule has 0 unspecified atom stereocenters. The fourth-order valence-electron chi connectivity index (χ4n) is 3.68. The Hall–Kier alpha value is -2.75. The molecule has 0 aliphatic rings. The number of hydrogen-bond donors (Lipinski definition) is 0. The maximum absolute atomic E-state index is 12.5. The number of nitrogens with zero attached hydrogens (tertiary/aromatic N) is 2. The number of hydrogen-bond acceptors (Lipinski definition) is 4. The lowest BCUT2D eigenvalue weighted by Gasteiger charge is -2.21. The monoisotopic (exact) mass is 378 g/mol. The molecule has 0 spiro atoms. The molecule has 0 bridgehead atoms. The first kappa shape index (κ1) is 20.0. The Morgan fingerprint density at radius 1 is 0.750 bits per heavy atom. The minimum Gasteiger partial charge on any atom is -0.422 e. The van der Waals surface area contributed by atoms with Crippen molar-refractivity contribution in [1.29, 1.82) is 0 Å². The van der Waals surface area contributed by atoms with E-state index in [2.05, 4.69) is 67.8 Å². The third kappa shape index (κ3) is 4.22. The van der Waals surface area contributed by atoms with Gasteiger partial charge in [-0.2, -0.15) is 0 Å². The highest BCUT2D eigenvalue weighted by atomic mass is 16.4. The van der Waals surface area contributed by atoms with Gasteiger partial charge >= 0.3 is 5.63 Å². The highest BCUT2D eigenvalue weighted by molar-refractivity contribution is 5.81. The van der Waals surface area contributed by atoms with E-state index in [0.29, 0.717) is 17.6 Å². The number of rotatable bonds is 8. The van der Waals surface area contributed by atoms with Crippen LogP contribution in [-0.4, -0.2) is 26.2 Å². The summed E-state index contributed by atoms with van der Waals surface area (Å²) in [6.07, 6.45) is 0.578. The van der Waals surface area contributed by atoms with Crippen molar-refractivity contribution in [2.24, 2.45) is 0 Å². The summed E-state index contributed by atoms with van der Waals surface area (Å²) in [5.41, 5.74) is 4.50. The zero-order valence-corrected chi connectivity index (χ0v) is 17.4. The molecular formula is C24H30N2O2. The molecule has 0 saturated carbocycles. The van der Waals surface area contributed by atoms with Crippen molar-refractivity contribution in [2.45, 2.75) is 34.1 Å². The Bertz CT molecular complexity index is 968. The van der Waals surface area contributed by atoms with Gasteiger partial charge in [0, 0.05) is 61.0 Å². The van der Waals surface area contributed by atoms with Crippen LogP contribution in [0.4, 0.5) is 11.4 Å². The average Bonchev–Trinajstić information content (AvgIpc) is 2.71. The molecule has 1 heterocycles. The normalized spacial score (nSPS) is 11.0. The molecule has 0 atom stereocenters. The second-order valence-electron chi connectivity index (χ2n) is 6.97. The minimum atomic E-state index is -0.253. The van der Waals surface area contributed by atoms with E-state index in [9.17, 15) is 4.79 Å². The van der Waals surface area contributed by atoms with Gasteiger partial charge in [0.15, 0.2) is 0 Å². The van der Waals surface area contributed by atoms with Crippen molar-refractivity contribution in [3.05, 3.63) is 70.1 Å². The van der Waals surface area contributed by atoms with Gasteiger partial charge in [0.2, 0.25) is 0 Å². The third-order valence-corrected chi connectivity index (χ3v) is 5.38. The van der Waals surface area contributed by atoms with Crippen LogP contribution >= 0.6 is 0 Å². The van der Waals surface area contributed by atoms with Crippen LogP contribution < -0.4 is 15.4 Å². The SMILES string of the molecule is CCN(CC)c1ccc(Cc2cc3ccc(N(CC)CC)cc3oc2=O)cc1. The van der Waals surface area contributed by atoms with Crippen LogP contribution in [0.25, 0.3) is 11.0 Å². The Balaban J connectivity index is 1.86. The maximum Gasteiger partial charge on any atom is 0.339 e. The Labute approximate surface area is 167 Å². The second kappa shape index (κ2) is 8.96. The molecule has 28 heavy (non-hydrogen) atoms. The predicted molar refractivity (Wildman–Crippen MR) is 119 cm³/mol. The molecule has 0 saturated heterocycles. The molecule has 0 aliphatic carbocycles. The molecule has 1 aromatic heterocycles. The number of benzene rings is 2. The van der Waals surface area contributed by atoms with E-state index in [4.69, 9.17) is 4.42 Å². The van der Waals surface area contributed by atoms with E-state index in [1.54, 1.807) is 0 Å². The van der Waals surface area contributed by atoms with Crippen molar-refractivity contribution in [3.8, 4) is 0 Å². The van der Waals surface area contributed by atoms with Crippen LogP contribution in [-0.2, 0) is 6.42 Å². The second-order valence-corrected chi connectivity index (χ2v) is 6.97. The molecule has 0 fully saturated rings. The maximum atomic E-state index is 12.5. The van der Waals surface area contributed by atoms with Gasteiger partial charge in [0.05, 0.1) is 0 Å². The quantitative estimate of drug-likeness (QED) is 0.513. The van der Waals surface area contributed by atoms with Crippen LogP contribution in [0, 0.1) is 0 Å². The van der Waals surface area contributed by atoms with E-state index >= 15 is 0 Å². The van der Waals surface area contributed by atoms with Crippen molar-refractivity contribution in [3.63, 3.8) is 0 Å². The van der Waals surface area contributed by atoms with Gasteiger partial charge in [0.25, 0.3) is 0 Å². The van der Waals surface area contributed by atoms with Crippen LogP contribution in [0.15, 0.2) is 57.7 Å².